The number of phenolic OH excluding ortho intramolecular Hbond substituents is 2. The number of carbonyl (C=O) groups is 7. The molecule has 9 rings (SSSR count). The zero-order valence-corrected chi connectivity index (χ0v) is 60.2. The van der Waals surface area contributed by atoms with Crippen LogP contribution in [0.5, 0.6) is 23.0 Å². The number of phenols is 2. The number of aromatic hydroxyl groups is 2. The molecule has 0 saturated heterocycles. The van der Waals surface area contributed by atoms with Crippen LogP contribution < -0.4 is 46.7 Å². The topological polar surface area (TPSA) is 297 Å². The fourth-order valence-electron chi connectivity index (χ4n) is 12.5. The van der Waals surface area contributed by atoms with Gasteiger partial charge in [0.15, 0.2) is 23.0 Å². The Balaban J connectivity index is 0.725. The molecule has 0 saturated carbocycles. The van der Waals surface area contributed by atoms with E-state index in [1.165, 1.54) is 23.1 Å². The highest BCUT2D eigenvalue weighted by Gasteiger charge is 2.39. The second-order valence-corrected chi connectivity index (χ2v) is 27.4. The van der Waals surface area contributed by atoms with Gasteiger partial charge in [0.1, 0.15) is 26.0 Å². The molecule has 4 unspecified atom stereocenters. The summed E-state index contributed by atoms with van der Waals surface area (Å²) in [5, 5.41) is 44.0. The number of nitrogens with one attached hydrogen (secondary N) is 7. The largest absolute Gasteiger partial charge is 0.504 e. The minimum Gasteiger partial charge on any atom is -0.504 e. The third kappa shape index (κ3) is 19.9. The summed E-state index contributed by atoms with van der Waals surface area (Å²) in [6.45, 7) is 32.7. The van der Waals surface area contributed by atoms with Gasteiger partial charge in [-0.3, -0.25) is 48.4 Å². The van der Waals surface area contributed by atoms with E-state index in [0.29, 0.717) is 110 Å². The molecule has 6 atom stereocenters. The maximum absolute atomic E-state index is 13.6. The molecule has 104 heavy (non-hydrogen) atoms. The number of ether oxygens (including phenoxy) is 2. The van der Waals surface area contributed by atoms with E-state index in [2.05, 4.69) is 70.1 Å². The predicted molar refractivity (Wildman–Crippen MR) is 410 cm³/mol. The molecular weight excluding hydrogens is 1320 g/mol. The van der Waals surface area contributed by atoms with E-state index in [-0.39, 0.29) is 90.0 Å². The van der Waals surface area contributed by atoms with Crippen molar-refractivity contribution in [1.82, 2.24) is 41.3 Å². The molecular formula is C80H95BN12O11. The van der Waals surface area contributed by atoms with E-state index in [9.17, 15) is 43.8 Å². The van der Waals surface area contributed by atoms with Crippen LogP contribution in [0.3, 0.4) is 0 Å². The van der Waals surface area contributed by atoms with E-state index >= 15 is 0 Å². The number of imide groups is 1. The molecule has 0 aliphatic carbocycles. The van der Waals surface area contributed by atoms with E-state index in [4.69, 9.17) is 27.3 Å². The Morgan fingerprint density at radius 3 is 1.82 bits per heavy atom. The van der Waals surface area contributed by atoms with Gasteiger partial charge in [0.2, 0.25) is 23.6 Å². The number of anilines is 2. The van der Waals surface area contributed by atoms with Crippen LogP contribution in [-0.4, -0.2) is 148 Å². The second-order valence-electron chi connectivity index (χ2n) is 27.4. The highest BCUT2D eigenvalue weighted by molar-refractivity contribution is 6.28. The zero-order chi connectivity index (χ0) is 74.9. The van der Waals surface area contributed by atoms with Crippen molar-refractivity contribution in [3.8, 4) is 23.0 Å². The summed E-state index contributed by atoms with van der Waals surface area (Å²) in [5.74, 6) is -2.14. The molecule has 9 N–H and O–H groups in total. The van der Waals surface area contributed by atoms with Crippen molar-refractivity contribution >= 4 is 107 Å². The van der Waals surface area contributed by atoms with Crippen molar-refractivity contribution in [3.63, 3.8) is 0 Å². The molecule has 4 aromatic carbocycles. The molecule has 2 radical (unpaired) electrons. The van der Waals surface area contributed by atoms with Crippen molar-refractivity contribution in [1.29, 1.82) is 0 Å². The van der Waals surface area contributed by atoms with Crippen LogP contribution >= 0.6 is 0 Å². The lowest BCUT2D eigenvalue weighted by Gasteiger charge is -2.33. The van der Waals surface area contributed by atoms with Crippen molar-refractivity contribution in [2.75, 3.05) is 36.9 Å². The van der Waals surface area contributed by atoms with Gasteiger partial charge in [0.05, 0.1) is 36.7 Å². The number of hydrogen-bond acceptors (Lipinski definition) is 17. The lowest BCUT2D eigenvalue weighted by molar-refractivity contribution is -0.137. The molecule has 0 fully saturated rings. The molecule has 0 bridgehead atoms. The average Bonchev–Trinajstić information content (AvgIpc) is 1.60. The van der Waals surface area contributed by atoms with Crippen LogP contribution in [0.25, 0.3) is 22.9 Å². The number of hydrogen-bond donors (Lipinski definition) is 9. The Bertz CT molecular complexity index is 4140. The van der Waals surface area contributed by atoms with Crippen molar-refractivity contribution in [3.05, 3.63) is 182 Å². The summed E-state index contributed by atoms with van der Waals surface area (Å²) in [7, 11) is 7.08. The lowest BCUT2D eigenvalue weighted by Crippen LogP contribution is -2.53. The first-order valence-corrected chi connectivity index (χ1v) is 35.4. The van der Waals surface area contributed by atoms with E-state index < -0.39 is 41.4 Å². The molecule has 5 heterocycles. The summed E-state index contributed by atoms with van der Waals surface area (Å²) in [6, 6.07) is 18.6. The Hall–Kier alpha value is -11.2. The third-order valence-corrected chi connectivity index (χ3v) is 18.6. The van der Waals surface area contributed by atoms with E-state index in [1.54, 1.807) is 72.9 Å². The van der Waals surface area contributed by atoms with Gasteiger partial charge >= 0.3 is 0 Å². The maximum atomic E-state index is 13.6. The monoisotopic (exact) mass is 1410 g/mol. The molecule has 4 aromatic rings. The standard InChI is InChI=1S/C80H95BN12O11/c1-12-82-63-39-58(56-23-29-62(30-24-56)89-77(100)54(10)88-79(102)76(49(4)5)90-71(96)21-16-14-17-34-91-51(7)22-31-72(91)97)38-59-40-67(94)69(42-65(59)83-45-63)103-36-19-37-104-70-43-66-64(41-68(70)95)55(11)93-46-60(44-80(93,81)47-84-66)57-25-27-61(28-26-57)86-52(8)53(9)87-78(101)75(48(2)3)85-50(6)20-15-13-18-35-92-73(98)32-33-74(92)99/h12,22-33,38,40-43,45-49,53-54,63,75-76,82,85-86,94-95H,1,6-8,11,13-21,34-37,39,44H2,2-5,9-10H3,(H,87,101)(H,88,102)(H,89,100)(H,90,96)/b58-38+,83-45?/t53?,54-,63?,75-,76?,80?/m0/s1. The van der Waals surface area contributed by atoms with Gasteiger partial charge in [-0.25, -0.2) is 0 Å². The number of allylic oxidation sites excluding steroid dienone is 2. The molecule has 23 nitrogen and oxygen atoms in total. The van der Waals surface area contributed by atoms with Crippen LogP contribution in [0, 0.1) is 11.8 Å². The average molecular weight is 1410 g/mol. The smallest absolute Gasteiger partial charge is 0.253 e. The number of unbranched alkanes of at least 4 members (excludes halogenated alkanes) is 4. The van der Waals surface area contributed by atoms with Gasteiger partial charge in [-0.1, -0.05) is 97.7 Å². The van der Waals surface area contributed by atoms with Crippen LogP contribution in [0.2, 0.25) is 0 Å². The van der Waals surface area contributed by atoms with Crippen molar-refractivity contribution in [2.45, 2.75) is 148 Å². The SMILES string of the molecule is [B]C12C=Nc3cc(OCCCOc4cc5c(cc4O)/C=C(/c4ccc(NC(=O)[C@H](C)NC(=O)C(NC(=O)CCCCCN6C(=C)C=CC6=O)C(C)C)cc4)CC(NC=C)C=N5)c(O)cc3C(=C)N1C=C(c1ccc(NC(=C)C(C)NC(=O)[C@@H](NC(=C)CCCCCN3C(=O)C=CC3=O)C(C)C)cc1)C2. The zero-order valence-electron chi connectivity index (χ0n) is 60.2. The number of rotatable bonds is 36. The van der Waals surface area contributed by atoms with Crippen LogP contribution in [0.15, 0.2) is 169 Å². The first-order valence-electron chi connectivity index (χ1n) is 35.4. The molecule has 7 amide bonds. The summed E-state index contributed by atoms with van der Waals surface area (Å²) >= 11 is 0. The Morgan fingerprint density at radius 2 is 1.20 bits per heavy atom. The van der Waals surface area contributed by atoms with Gasteiger partial charge in [0.25, 0.3) is 17.7 Å². The number of amides is 7. The predicted octanol–water partition coefficient (Wildman–Crippen LogP) is 11.1. The first kappa shape index (κ1) is 77.0. The number of benzene rings is 4. The lowest BCUT2D eigenvalue weighted by atomic mass is 9.74. The van der Waals surface area contributed by atoms with Gasteiger partial charge in [-0.15, -0.1) is 0 Å². The Morgan fingerprint density at radius 1 is 0.644 bits per heavy atom. The summed E-state index contributed by atoms with van der Waals surface area (Å²) < 4.78 is 12.2. The quantitative estimate of drug-likeness (QED) is 0.0116. The summed E-state index contributed by atoms with van der Waals surface area (Å²) in [4.78, 5) is 103. The van der Waals surface area contributed by atoms with Crippen LogP contribution in [0.4, 0.5) is 22.7 Å². The fourth-order valence-corrected chi connectivity index (χ4v) is 12.5. The Labute approximate surface area is 610 Å². The summed E-state index contributed by atoms with van der Waals surface area (Å²) in [6.07, 6.45) is 21.1. The number of carbonyl (C=O) groups excluding carboxylic acids is 7. The third-order valence-electron chi connectivity index (χ3n) is 18.6. The van der Waals surface area contributed by atoms with Gasteiger partial charge in [-0.05, 0) is 148 Å². The highest BCUT2D eigenvalue weighted by Crippen LogP contribution is 2.47. The second kappa shape index (κ2) is 35.1. The maximum Gasteiger partial charge on any atom is 0.253 e. The molecule has 0 spiro atoms. The minimum absolute atomic E-state index is 0.0361. The normalized spacial score (nSPS) is 18.2. The van der Waals surface area contributed by atoms with Crippen molar-refractivity contribution < 1.29 is 53.2 Å². The number of fused-ring (bicyclic) bond motifs is 3. The van der Waals surface area contributed by atoms with Gasteiger partial charge in [0, 0.05) is 126 Å². The molecule has 5 aliphatic rings. The first-order chi connectivity index (χ1) is 49.7. The van der Waals surface area contributed by atoms with Gasteiger partial charge < -0.3 is 66.7 Å². The minimum atomic E-state index is -1.07. The Kier molecular flexibility index (Phi) is 26.0. The summed E-state index contributed by atoms with van der Waals surface area (Å²) in [5.41, 5.74) is 8.57. The molecule has 0 aromatic heterocycles. The number of nitrogens with zero attached hydrogens (tertiary/aromatic N) is 5. The highest BCUT2D eigenvalue weighted by atomic mass is 16.5. The fraction of sp³-hybridized carbons (Fsp3) is 0.362. The molecule has 24 heteroatoms. The van der Waals surface area contributed by atoms with E-state index in [0.717, 1.165) is 46.5 Å². The van der Waals surface area contributed by atoms with Crippen LogP contribution in [-0.2, 0) is 33.6 Å². The number of aliphatic imine (C=N–C) groups is 2. The van der Waals surface area contributed by atoms with Crippen molar-refractivity contribution in [2.24, 2.45) is 21.8 Å². The molecule has 544 valence electrons. The van der Waals surface area contributed by atoms with Gasteiger partial charge in [-0.2, -0.15) is 0 Å². The van der Waals surface area contributed by atoms with Crippen LogP contribution in [0.1, 0.15) is 134 Å². The molecule has 5 aliphatic heterocycles. The van der Waals surface area contributed by atoms with E-state index in [1.807, 2.05) is 88.2 Å².